The van der Waals surface area contributed by atoms with Gasteiger partial charge in [-0.1, -0.05) is 12.1 Å². The van der Waals surface area contributed by atoms with Crippen LogP contribution in [0.4, 0.5) is 5.69 Å². The Bertz CT molecular complexity index is 1120. The molecular formula is C24H26N2O7S. The van der Waals surface area contributed by atoms with Crippen molar-refractivity contribution in [1.29, 1.82) is 0 Å². The number of para-hydroxylation sites is 1. The van der Waals surface area contributed by atoms with Crippen LogP contribution < -0.4 is 19.7 Å². The zero-order valence-corrected chi connectivity index (χ0v) is 19.8. The molecule has 0 bridgehead atoms. The van der Waals surface area contributed by atoms with Crippen molar-refractivity contribution in [3.63, 3.8) is 0 Å². The number of aromatic hydroxyl groups is 1. The molecule has 2 aliphatic rings. The quantitative estimate of drug-likeness (QED) is 0.482. The monoisotopic (exact) mass is 486 g/mol. The molecule has 2 aromatic carbocycles. The molecule has 2 aromatic rings. The van der Waals surface area contributed by atoms with Gasteiger partial charge in [-0.25, -0.2) is 4.90 Å². The highest BCUT2D eigenvalue weighted by atomic mass is 32.2. The van der Waals surface area contributed by atoms with Gasteiger partial charge >= 0.3 is 5.97 Å². The number of hydrogen-bond donors (Lipinski definition) is 3. The molecule has 34 heavy (non-hydrogen) atoms. The maximum Gasteiger partial charge on any atom is 0.324 e. The van der Waals surface area contributed by atoms with Gasteiger partial charge in [-0.3, -0.25) is 19.7 Å². The summed E-state index contributed by atoms with van der Waals surface area (Å²) >= 11 is 1.45. The number of carbonyl (C=O) groups is 3. The smallest absolute Gasteiger partial charge is 0.324 e. The van der Waals surface area contributed by atoms with Crippen LogP contribution in [-0.2, 0) is 14.4 Å². The molecule has 3 N–H and O–H groups in total. The van der Waals surface area contributed by atoms with Crippen molar-refractivity contribution in [3.05, 3.63) is 48.0 Å². The highest BCUT2D eigenvalue weighted by Gasteiger charge is 2.68. The second-order valence-electron chi connectivity index (χ2n) is 8.25. The van der Waals surface area contributed by atoms with Gasteiger partial charge in [-0.15, -0.1) is 0 Å². The van der Waals surface area contributed by atoms with Crippen molar-refractivity contribution in [1.82, 2.24) is 5.32 Å². The predicted molar refractivity (Wildman–Crippen MR) is 126 cm³/mol. The zero-order chi connectivity index (χ0) is 24.6. The Labute approximate surface area is 201 Å². The number of hydrogen-bond acceptors (Lipinski definition) is 8. The molecule has 2 fully saturated rings. The summed E-state index contributed by atoms with van der Waals surface area (Å²) in [6, 6.07) is 10.4. The van der Waals surface area contributed by atoms with Crippen LogP contribution >= 0.6 is 11.8 Å². The number of anilines is 1. The molecule has 0 saturated carbocycles. The van der Waals surface area contributed by atoms with Crippen LogP contribution in [0.2, 0.25) is 0 Å². The second-order valence-corrected chi connectivity index (χ2v) is 9.24. The van der Waals surface area contributed by atoms with E-state index in [9.17, 15) is 24.6 Å². The number of thioether (sulfide) groups is 1. The number of nitrogens with zero attached hydrogens (tertiary/aromatic N) is 1. The van der Waals surface area contributed by atoms with Crippen molar-refractivity contribution in [2.45, 2.75) is 18.0 Å². The summed E-state index contributed by atoms with van der Waals surface area (Å²) in [6.45, 7) is 0. The van der Waals surface area contributed by atoms with Gasteiger partial charge in [0.05, 0.1) is 31.7 Å². The summed E-state index contributed by atoms with van der Waals surface area (Å²) in [5.41, 5.74) is -1.04. The number of carbonyl (C=O) groups excluding carboxylic acids is 2. The lowest BCUT2D eigenvalue weighted by Gasteiger charge is -2.31. The highest BCUT2D eigenvalue weighted by Crippen LogP contribution is 2.53. The Morgan fingerprint density at radius 2 is 1.82 bits per heavy atom. The van der Waals surface area contributed by atoms with Gasteiger partial charge in [0.2, 0.25) is 11.8 Å². The van der Waals surface area contributed by atoms with E-state index in [1.807, 2.05) is 6.26 Å². The lowest BCUT2D eigenvalue weighted by molar-refractivity contribution is -0.148. The predicted octanol–water partition coefficient (Wildman–Crippen LogP) is 2.44. The molecule has 2 amide bonds. The van der Waals surface area contributed by atoms with E-state index >= 15 is 0 Å². The van der Waals surface area contributed by atoms with Crippen molar-refractivity contribution in [3.8, 4) is 17.2 Å². The van der Waals surface area contributed by atoms with Crippen molar-refractivity contribution in [2.75, 3.05) is 31.1 Å². The maximum absolute atomic E-state index is 13.7. The molecular weight excluding hydrogens is 460 g/mol. The number of phenolic OH excluding ortho intramolecular Hbond substituents is 1. The van der Waals surface area contributed by atoms with Crippen molar-refractivity contribution < 1.29 is 34.1 Å². The third kappa shape index (κ3) is 3.57. The average molecular weight is 487 g/mol. The number of ether oxygens (including phenoxy) is 2. The Kier molecular flexibility index (Phi) is 6.46. The van der Waals surface area contributed by atoms with Gasteiger partial charge in [0.25, 0.3) is 0 Å². The van der Waals surface area contributed by atoms with E-state index in [0.29, 0.717) is 22.8 Å². The van der Waals surface area contributed by atoms with Gasteiger partial charge in [0, 0.05) is 11.6 Å². The molecule has 180 valence electrons. The lowest BCUT2D eigenvalue weighted by atomic mass is 9.78. The highest BCUT2D eigenvalue weighted by molar-refractivity contribution is 7.98. The molecule has 10 heteroatoms. The molecule has 2 heterocycles. The number of carboxylic acids is 1. The molecule has 4 rings (SSSR count). The normalized spacial score (nSPS) is 26.0. The van der Waals surface area contributed by atoms with Crippen LogP contribution in [0.25, 0.3) is 0 Å². The van der Waals surface area contributed by atoms with E-state index in [1.165, 1.54) is 26.0 Å². The van der Waals surface area contributed by atoms with Crippen LogP contribution in [-0.4, -0.2) is 59.8 Å². The average Bonchev–Trinajstić information content (AvgIpc) is 3.32. The third-order valence-corrected chi connectivity index (χ3v) is 7.26. The number of rotatable bonds is 8. The number of aliphatic carboxylic acids is 1. The van der Waals surface area contributed by atoms with Crippen LogP contribution in [0.15, 0.2) is 42.5 Å². The van der Waals surface area contributed by atoms with Crippen LogP contribution in [0.3, 0.4) is 0 Å². The summed E-state index contributed by atoms with van der Waals surface area (Å²) in [7, 11) is 2.91. The van der Waals surface area contributed by atoms with Crippen molar-refractivity contribution in [2.24, 2.45) is 11.8 Å². The minimum atomic E-state index is -1.68. The van der Waals surface area contributed by atoms with Crippen LogP contribution in [0.1, 0.15) is 18.0 Å². The maximum atomic E-state index is 13.7. The van der Waals surface area contributed by atoms with E-state index in [-0.39, 0.29) is 17.9 Å². The lowest BCUT2D eigenvalue weighted by Crippen LogP contribution is -2.56. The standard InChI is InChI=1S/C24H26N2O7S/c1-32-14-9-7-13(8-10-14)26-21(28)17-18(22(26)29)24(23(30)31,11-12-34-3)25-19(17)15-5-4-6-16(33-2)20(15)27/h4-10,17-19,25,27H,11-12H2,1-3H3,(H,30,31)/t17-,18+,19-,24-/m0/s1. The first-order valence-corrected chi connectivity index (χ1v) is 12.1. The minimum Gasteiger partial charge on any atom is -0.504 e. The number of nitrogens with one attached hydrogen (secondary N) is 1. The fourth-order valence-electron chi connectivity index (χ4n) is 5.01. The molecule has 0 aliphatic carbocycles. The summed E-state index contributed by atoms with van der Waals surface area (Å²) in [5, 5.41) is 24.2. The Balaban J connectivity index is 1.86. The van der Waals surface area contributed by atoms with Gasteiger partial charge in [0.15, 0.2) is 11.5 Å². The van der Waals surface area contributed by atoms with E-state index in [4.69, 9.17) is 9.47 Å². The number of carboxylic acid groups (broad SMARTS) is 1. The molecule has 2 aliphatic heterocycles. The molecule has 0 unspecified atom stereocenters. The van der Waals surface area contributed by atoms with Gasteiger partial charge in [-0.05, 0) is 48.8 Å². The number of fused-ring (bicyclic) bond motifs is 1. The van der Waals surface area contributed by atoms with E-state index in [2.05, 4.69) is 5.32 Å². The number of phenols is 1. The Hall–Kier alpha value is -3.24. The molecule has 2 saturated heterocycles. The Morgan fingerprint density at radius 3 is 2.41 bits per heavy atom. The largest absolute Gasteiger partial charge is 0.504 e. The fraction of sp³-hybridized carbons (Fsp3) is 0.375. The summed E-state index contributed by atoms with van der Waals surface area (Å²) < 4.78 is 10.4. The minimum absolute atomic E-state index is 0.126. The van der Waals surface area contributed by atoms with Crippen molar-refractivity contribution >= 4 is 35.2 Å². The van der Waals surface area contributed by atoms with Crippen LogP contribution in [0.5, 0.6) is 17.2 Å². The fourth-order valence-corrected chi connectivity index (χ4v) is 5.53. The van der Waals surface area contributed by atoms with E-state index in [1.54, 1.807) is 42.5 Å². The number of amides is 2. The Morgan fingerprint density at radius 1 is 1.12 bits per heavy atom. The zero-order valence-electron chi connectivity index (χ0n) is 19.0. The molecule has 9 nitrogen and oxygen atoms in total. The number of benzene rings is 2. The third-order valence-electron chi connectivity index (χ3n) is 6.65. The SMILES string of the molecule is COc1ccc(N2C(=O)[C@@H]3[C@H](c4cccc(OC)c4O)N[C@](CCSC)(C(=O)O)[C@H]3C2=O)cc1. The number of methoxy groups -OCH3 is 2. The van der Waals surface area contributed by atoms with Gasteiger partial charge < -0.3 is 19.7 Å². The first-order chi connectivity index (χ1) is 16.3. The van der Waals surface area contributed by atoms with E-state index in [0.717, 1.165) is 4.90 Å². The first-order valence-electron chi connectivity index (χ1n) is 10.7. The summed E-state index contributed by atoms with van der Waals surface area (Å²) in [6.07, 6.45) is 1.97. The van der Waals surface area contributed by atoms with Gasteiger partial charge in [-0.2, -0.15) is 11.8 Å². The first kappa shape index (κ1) is 23.9. The van der Waals surface area contributed by atoms with E-state index < -0.39 is 41.2 Å². The molecule has 0 radical (unpaired) electrons. The molecule has 0 aromatic heterocycles. The molecule has 4 atom stereocenters. The number of imide groups is 1. The van der Waals surface area contributed by atoms with Crippen LogP contribution in [0, 0.1) is 11.8 Å². The van der Waals surface area contributed by atoms with Gasteiger partial charge in [0.1, 0.15) is 11.3 Å². The summed E-state index contributed by atoms with van der Waals surface area (Å²) in [5.74, 6) is -3.47. The topological polar surface area (TPSA) is 125 Å². The summed E-state index contributed by atoms with van der Waals surface area (Å²) in [4.78, 5) is 41.1. The molecule has 0 spiro atoms. The second kappa shape index (κ2) is 9.19.